The number of carbonyl (C=O) groups is 1. The molecule has 70 valence electrons. The van der Waals surface area contributed by atoms with Gasteiger partial charge in [-0.25, -0.2) is 0 Å². The smallest absolute Gasteiger partial charge is 0.313 e. The summed E-state index contributed by atoms with van der Waals surface area (Å²) in [6.07, 6.45) is 3.14. The van der Waals surface area contributed by atoms with E-state index in [9.17, 15) is 4.79 Å². The first kappa shape index (κ1) is 10.2. The van der Waals surface area contributed by atoms with Crippen LogP contribution in [-0.4, -0.2) is 11.0 Å². The maximum Gasteiger partial charge on any atom is 0.313 e. The molecule has 4 heteroatoms. The molecule has 0 saturated carbocycles. The van der Waals surface area contributed by atoms with Crippen molar-refractivity contribution in [2.24, 2.45) is 5.92 Å². The Morgan fingerprint density at radius 2 is 2.23 bits per heavy atom. The summed E-state index contributed by atoms with van der Waals surface area (Å²) in [5.41, 5.74) is 0. The molecule has 0 atom stereocenters. The van der Waals surface area contributed by atoms with Gasteiger partial charge in [0.15, 0.2) is 0 Å². The maximum absolute atomic E-state index is 11.2. The van der Waals surface area contributed by atoms with Gasteiger partial charge < -0.3 is 4.74 Å². The Bertz CT molecular complexity index is 312. The van der Waals surface area contributed by atoms with E-state index in [-0.39, 0.29) is 11.9 Å². The van der Waals surface area contributed by atoms with Gasteiger partial charge in [-0.2, -0.15) is 0 Å². The zero-order chi connectivity index (χ0) is 9.84. The van der Waals surface area contributed by atoms with Gasteiger partial charge >= 0.3 is 5.97 Å². The number of ether oxygens (including phenoxy) is 1. The topological polar surface area (TPSA) is 39.2 Å². The lowest BCUT2D eigenvalue weighted by Crippen LogP contribution is -2.14. The lowest BCUT2D eigenvalue weighted by molar-refractivity contribution is -0.137. The molecule has 0 aromatic carbocycles. The zero-order valence-electron chi connectivity index (χ0n) is 7.45. The van der Waals surface area contributed by atoms with Crippen LogP contribution in [0.4, 0.5) is 0 Å². The normalized spacial score (nSPS) is 10.2. The molecule has 0 N–H and O–H groups in total. The molecule has 1 rings (SSSR count). The molecule has 0 bridgehead atoms. The number of aromatic nitrogens is 1. The molecule has 0 aliphatic heterocycles. The predicted octanol–water partition coefficient (Wildman–Crippen LogP) is 2.41. The van der Waals surface area contributed by atoms with Crippen molar-refractivity contribution in [2.75, 3.05) is 0 Å². The van der Waals surface area contributed by atoms with Gasteiger partial charge in [-0.05, 0) is 22.0 Å². The third-order valence-corrected chi connectivity index (χ3v) is 1.80. The van der Waals surface area contributed by atoms with Crippen molar-refractivity contribution >= 4 is 21.9 Å². The molecule has 0 aliphatic carbocycles. The third-order valence-electron chi connectivity index (χ3n) is 1.37. The molecule has 0 spiro atoms. The van der Waals surface area contributed by atoms with Crippen molar-refractivity contribution in [1.82, 2.24) is 4.98 Å². The van der Waals surface area contributed by atoms with Crippen molar-refractivity contribution in [3.8, 4) is 5.75 Å². The van der Waals surface area contributed by atoms with Crippen LogP contribution in [0.25, 0.3) is 0 Å². The molecule has 0 fully saturated rings. The Hall–Kier alpha value is -0.900. The van der Waals surface area contributed by atoms with Crippen LogP contribution >= 0.6 is 15.9 Å². The van der Waals surface area contributed by atoms with Crippen molar-refractivity contribution in [2.45, 2.75) is 13.8 Å². The van der Waals surface area contributed by atoms with Crippen molar-refractivity contribution in [1.29, 1.82) is 0 Å². The number of hydrogen-bond donors (Lipinski definition) is 0. The second-order valence-electron chi connectivity index (χ2n) is 2.91. The lowest BCUT2D eigenvalue weighted by Gasteiger charge is -2.05. The number of nitrogens with zero attached hydrogens (tertiary/aromatic N) is 1. The van der Waals surface area contributed by atoms with E-state index in [1.54, 1.807) is 26.1 Å². The minimum absolute atomic E-state index is 0.126. The lowest BCUT2D eigenvalue weighted by atomic mass is 10.2. The number of carbonyl (C=O) groups excluding carboxylic acids is 1. The average Bonchev–Trinajstić information content (AvgIpc) is 2.04. The average molecular weight is 244 g/mol. The summed E-state index contributed by atoms with van der Waals surface area (Å²) in [4.78, 5) is 15.0. The molecule has 1 aromatic heterocycles. The van der Waals surface area contributed by atoms with Crippen LogP contribution in [0.5, 0.6) is 5.75 Å². The van der Waals surface area contributed by atoms with E-state index in [2.05, 4.69) is 20.9 Å². The van der Waals surface area contributed by atoms with E-state index in [0.29, 0.717) is 5.75 Å². The van der Waals surface area contributed by atoms with E-state index in [0.717, 1.165) is 4.47 Å². The summed E-state index contributed by atoms with van der Waals surface area (Å²) >= 11 is 3.24. The van der Waals surface area contributed by atoms with Crippen LogP contribution in [0.3, 0.4) is 0 Å². The van der Waals surface area contributed by atoms with E-state index in [1.165, 1.54) is 6.20 Å². The van der Waals surface area contributed by atoms with Gasteiger partial charge in [0.05, 0.1) is 12.1 Å². The fourth-order valence-corrected chi connectivity index (χ4v) is 1.03. The van der Waals surface area contributed by atoms with Crippen LogP contribution in [0.15, 0.2) is 22.9 Å². The first-order chi connectivity index (χ1) is 6.09. The summed E-state index contributed by atoms with van der Waals surface area (Å²) in [7, 11) is 0. The van der Waals surface area contributed by atoms with Gasteiger partial charge in [-0.3, -0.25) is 9.78 Å². The van der Waals surface area contributed by atoms with Gasteiger partial charge in [0.1, 0.15) is 5.75 Å². The second kappa shape index (κ2) is 4.37. The van der Waals surface area contributed by atoms with Crippen molar-refractivity contribution in [3.63, 3.8) is 0 Å². The van der Waals surface area contributed by atoms with Crippen LogP contribution in [0.1, 0.15) is 13.8 Å². The number of pyridine rings is 1. The summed E-state index contributed by atoms with van der Waals surface area (Å²) < 4.78 is 5.82. The molecule has 3 nitrogen and oxygen atoms in total. The molecule has 1 heterocycles. The highest BCUT2D eigenvalue weighted by Crippen LogP contribution is 2.16. The molecule has 1 aromatic rings. The third kappa shape index (κ3) is 3.14. The fraction of sp³-hybridized carbons (Fsp3) is 0.333. The number of hydrogen-bond acceptors (Lipinski definition) is 3. The van der Waals surface area contributed by atoms with E-state index < -0.39 is 0 Å². The highest BCUT2D eigenvalue weighted by molar-refractivity contribution is 9.10. The Balaban J connectivity index is 2.69. The minimum atomic E-state index is -0.250. The zero-order valence-corrected chi connectivity index (χ0v) is 9.04. The summed E-state index contributed by atoms with van der Waals surface area (Å²) in [6, 6.07) is 1.70. The van der Waals surface area contributed by atoms with Crippen LogP contribution in [0, 0.1) is 5.92 Å². The maximum atomic E-state index is 11.2. The van der Waals surface area contributed by atoms with Crippen LogP contribution in [0.2, 0.25) is 0 Å². The van der Waals surface area contributed by atoms with Gasteiger partial charge in [0.2, 0.25) is 0 Å². The highest BCUT2D eigenvalue weighted by Gasteiger charge is 2.09. The molecule has 0 radical (unpaired) electrons. The molecule has 0 unspecified atom stereocenters. The number of halogens is 1. The van der Waals surface area contributed by atoms with E-state index in [1.807, 2.05) is 0 Å². The summed E-state index contributed by atoms with van der Waals surface area (Å²) in [5, 5.41) is 0. The first-order valence-electron chi connectivity index (χ1n) is 3.92. The van der Waals surface area contributed by atoms with Gasteiger partial charge in [-0.15, -0.1) is 0 Å². The number of rotatable bonds is 2. The Kier molecular flexibility index (Phi) is 3.42. The Morgan fingerprint density at radius 1 is 1.54 bits per heavy atom. The largest absolute Gasteiger partial charge is 0.425 e. The van der Waals surface area contributed by atoms with Gasteiger partial charge in [-0.1, -0.05) is 13.8 Å². The highest BCUT2D eigenvalue weighted by atomic mass is 79.9. The SMILES string of the molecule is CC(C)C(=O)Oc1cncc(Br)c1. The standard InChI is InChI=1S/C9H10BrNO2/c1-6(2)9(12)13-8-3-7(10)4-11-5-8/h3-6H,1-2H3. The molecule has 0 saturated heterocycles. The van der Waals surface area contributed by atoms with Gasteiger partial charge in [0, 0.05) is 10.7 Å². The first-order valence-corrected chi connectivity index (χ1v) is 4.71. The number of esters is 1. The molecular weight excluding hydrogens is 234 g/mol. The Labute approximate surface area is 85.3 Å². The summed E-state index contributed by atoms with van der Waals surface area (Å²) in [6.45, 7) is 3.57. The predicted molar refractivity (Wildman–Crippen MR) is 52.4 cm³/mol. The summed E-state index contributed by atoms with van der Waals surface area (Å²) in [5.74, 6) is 0.0898. The van der Waals surface area contributed by atoms with E-state index in [4.69, 9.17) is 4.74 Å². The molecule has 13 heavy (non-hydrogen) atoms. The monoisotopic (exact) mass is 243 g/mol. The van der Waals surface area contributed by atoms with Crippen LogP contribution < -0.4 is 4.74 Å². The molecule has 0 amide bonds. The fourth-order valence-electron chi connectivity index (χ4n) is 0.682. The van der Waals surface area contributed by atoms with Gasteiger partial charge in [0.25, 0.3) is 0 Å². The second-order valence-corrected chi connectivity index (χ2v) is 3.83. The van der Waals surface area contributed by atoms with Crippen molar-refractivity contribution in [3.05, 3.63) is 22.9 Å². The van der Waals surface area contributed by atoms with Crippen LogP contribution in [-0.2, 0) is 4.79 Å². The Morgan fingerprint density at radius 3 is 2.77 bits per heavy atom. The quantitative estimate of drug-likeness (QED) is 0.750. The molecule has 0 aliphatic rings. The van der Waals surface area contributed by atoms with Crippen molar-refractivity contribution < 1.29 is 9.53 Å². The minimum Gasteiger partial charge on any atom is -0.425 e. The van der Waals surface area contributed by atoms with E-state index >= 15 is 0 Å². The molecular formula is C9H10BrNO2.